The maximum absolute atomic E-state index is 9.72. The van der Waals surface area contributed by atoms with E-state index in [1.807, 2.05) is 0 Å². The molecule has 3 nitrogen and oxygen atoms in total. The number of rotatable bonds is 2. The van der Waals surface area contributed by atoms with Crippen molar-refractivity contribution in [1.29, 1.82) is 0 Å². The summed E-state index contributed by atoms with van der Waals surface area (Å²) in [6.45, 7) is 3.51. The van der Waals surface area contributed by atoms with Gasteiger partial charge in [-0.3, -0.25) is 4.90 Å². The van der Waals surface area contributed by atoms with E-state index in [0.717, 1.165) is 55.7 Å². The monoisotopic (exact) mass is 311 g/mol. The van der Waals surface area contributed by atoms with Gasteiger partial charge in [-0.1, -0.05) is 15.9 Å². The van der Waals surface area contributed by atoms with Crippen molar-refractivity contribution >= 4 is 15.9 Å². The molecule has 0 aromatic heterocycles. The first-order valence-electron chi connectivity index (χ1n) is 6.57. The number of likely N-dealkylation sites (tertiary alicyclic amines) is 1. The maximum Gasteiger partial charge on any atom is 0.127 e. The summed E-state index contributed by atoms with van der Waals surface area (Å²) in [6.07, 6.45) is 2.85. The van der Waals surface area contributed by atoms with Gasteiger partial charge in [-0.15, -0.1) is 0 Å². The van der Waals surface area contributed by atoms with Crippen LogP contribution in [0, 0.1) is 0 Å². The molecule has 0 bridgehead atoms. The third-order valence-electron chi connectivity index (χ3n) is 3.70. The van der Waals surface area contributed by atoms with Crippen LogP contribution < -0.4 is 4.74 Å². The molecule has 0 radical (unpaired) electrons. The molecule has 2 aliphatic heterocycles. The number of piperidine rings is 1. The van der Waals surface area contributed by atoms with Gasteiger partial charge in [-0.05, 0) is 37.1 Å². The molecule has 98 valence electrons. The van der Waals surface area contributed by atoms with Crippen molar-refractivity contribution in [1.82, 2.24) is 4.90 Å². The van der Waals surface area contributed by atoms with E-state index in [-0.39, 0.29) is 6.10 Å². The quantitative estimate of drug-likeness (QED) is 0.910. The second-order valence-corrected chi connectivity index (χ2v) is 6.10. The van der Waals surface area contributed by atoms with Crippen LogP contribution in [-0.4, -0.2) is 35.8 Å². The van der Waals surface area contributed by atoms with Crippen LogP contribution in [0.2, 0.25) is 0 Å². The maximum atomic E-state index is 9.72. The Morgan fingerprint density at radius 3 is 3.17 bits per heavy atom. The van der Waals surface area contributed by atoms with Gasteiger partial charge in [0.05, 0.1) is 12.7 Å². The minimum Gasteiger partial charge on any atom is -0.493 e. The van der Waals surface area contributed by atoms with E-state index in [2.05, 4.69) is 33.0 Å². The van der Waals surface area contributed by atoms with Crippen LogP contribution in [0.1, 0.15) is 24.0 Å². The molecule has 1 N–H and O–H groups in total. The lowest BCUT2D eigenvalue weighted by atomic mass is 10.0. The summed E-state index contributed by atoms with van der Waals surface area (Å²) in [5.41, 5.74) is 2.54. The molecule has 0 aliphatic carbocycles. The molecule has 1 aromatic carbocycles. The summed E-state index contributed by atoms with van der Waals surface area (Å²) < 4.78 is 6.87. The molecule has 1 fully saturated rings. The van der Waals surface area contributed by atoms with Gasteiger partial charge < -0.3 is 9.84 Å². The highest BCUT2D eigenvalue weighted by atomic mass is 79.9. The topological polar surface area (TPSA) is 32.7 Å². The fourth-order valence-corrected chi connectivity index (χ4v) is 3.43. The molecule has 1 aromatic rings. The van der Waals surface area contributed by atoms with E-state index in [1.165, 1.54) is 11.1 Å². The smallest absolute Gasteiger partial charge is 0.127 e. The lowest BCUT2D eigenvalue weighted by Crippen LogP contribution is -2.37. The molecule has 18 heavy (non-hydrogen) atoms. The molecule has 0 unspecified atom stereocenters. The number of benzene rings is 1. The normalized spacial score (nSPS) is 23.8. The van der Waals surface area contributed by atoms with Crippen LogP contribution in [0.4, 0.5) is 0 Å². The van der Waals surface area contributed by atoms with Crippen LogP contribution in [-0.2, 0) is 13.0 Å². The van der Waals surface area contributed by atoms with E-state index >= 15 is 0 Å². The predicted molar refractivity (Wildman–Crippen MR) is 73.9 cm³/mol. The van der Waals surface area contributed by atoms with Crippen molar-refractivity contribution in [3.63, 3.8) is 0 Å². The van der Waals surface area contributed by atoms with Gasteiger partial charge in [-0.25, -0.2) is 0 Å². The molecule has 4 heteroatoms. The lowest BCUT2D eigenvalue weighted by Gasteiger charge is -2.30. The SMILES string of the molecule is O[C@H]1CCCN(Cc2cc(Br)cc3c2OCC3)C1. The van der Waals surface area contributed by atoms with Crippen molar-refractivity contribution in [2.45, 2.75) is 31.9 Å². The van der Waals surface area contributed by atoms with E-state index in [0.29, 0.717) is 0 Å². The first-order chi connectivity index (χ1) is 8.72. The number of hydrogen-bond acceptors (Lipinski definition) is 3. The molecule has 0 saturated carbocycles. The van der Waals surface area contributed by atoms with E-state index in [4.69, 9.17) is 4.74 Å². The highest BCUT2D eigenvalue weighted by Gasteiger charge is 2.22. The fourth-order valence-electron chi connectivity index (χ4n) is 2.88. The Balaban J connectivity index is 1.80. The third kappa shape index (κ3) is 2.56. The molecule has 0 amide bonds. The number of aliphatic hydroxyl groups is 1. The molecule has 1 saturated heterocycles. The van der Waals surface area contributed by atoms with Crippen molar-refractivity contribution in [3.8, 4) is 5.75 Å². The van der Waals surface area contributed by atoms with Gasteiger partial charge in [0.1, 0.15) is 5.75 Å². The number of halogens is 1. The van der Waals surface area contributed by atoms with Gasteiger partial charge in [0, 0.05) is 29.5 Å². The molecule has 0 spiro atoms. The molecular formula is C14H18BrNO2. The van der Waals surface area contributed by atoms with Crippen molar-refractivity contribution in [2.24, 2.45) is 0 Å². The Morgan fingerprint density at radius 1 is 1.44 bits per heavy atom. The van der Waals surface area contributed by atoms with Gasteiger partial charge in [0.2, 0.25) is 0 Å². The van der Waals surface area contributed by atoms with Crippen LogP contribution in [0.25, 0.3) is 0 Å². The van der Waals surface area contributed by atoms with Gasteiger partial charge in [0.15, 0.2) is 0 Å². The Bertz CT molecular complexity index is 450. The number of ether oxygens (including phenoxy) is 1. The minimum atomic E-state index is -0.167. The molecular weight excluding hydrogens is 294 g/mol. The van der Waals surface area contributed by atoms with Crippen molar-refractivity contribution in [2.75, 3.05) is 19.7 Å². The first kappa shape index (κ1) is 12.5. The standard InChI is InChI=1S/C14H18BrNO2/c15-12-6-10-3-5-18-14(10)11(7-12)8-16-4-1-2-13(17)9-16/h6-7,13,17H,1-5,8-9H2/t13-/m0/s1. The first-order valence-corrected chi connectivity index (χ1v) is 7.36. The largest absolute Gasteiger partial charge is 0.493 e. The van der Waals surface area contributed by atoms with Crippen LogP contribution in [0.15, 0.2) is 16.6 Å². The average molecular weight is 312 g/mol. The number of nitrogens with zero attached hydrogens (tertiary/aromatic N) is 1. The van der Waals surface area contributed by atoms with Crippen LogP contribution >= 0.6 is 15.9 Å². The Morgan fingerprint density at radius 2 is 2.33 bits per heavy atom. The molecule has 2 aliphatic rings. The summed E-state index contributed by atoms with van der Waals surface area (Å²) in [4.78, 5) is 2.32. The van der Waals surface area contributed by atoms with E-state index in [1.54, 1.807) is 0 Å². The minimum absolute atomic E-state index is 0.167. The van der Waals surface area contributed by atoms with E-state index < -0.39 is 0 Å². The van der Waals surface area contributed by atoms with Gasteiger partial charge in [-0.2, -0.15) is 0 Å². The zero-order valence-corrected chi connectivity index (χ0v) is 11.9. The molecule has 1 atom stereocenters. The van der Waals surface area contributed by atoms with Gasteiger partial charge >= 0.3 is 0 Å². The Labute approximate surface area is 116 Å². The Hall–Kier alpha value is -0.580. The average Bonchev–Trinajstić information content (AvgIpc) is 2.77. The van der Waals surface area contributed by atoms with Crippen molar-refractivity contribution < 1.29 is 9.84 Å². The second kappa shape index (κ2) is 5.19. The summed E-state index contributed by atoms with van der Waals surface area (Å²) in [6, 6.07) is 4.29. The lowest BCUT2D eigenvalue weighted by molar-refractivity contribution is 0.0664. The highest BCUT2D eigenvalue weighted by Crippen LogP contribution is 2.34. The second-order valence-electron chi connectivity index (χ2n) is 5.18. The summed E-state index contributed by atoms with van der Waals surface area (Å²) >= 11 is 3.57. The Kier molecular flexibility index (Phi) is 3.59. The number of fused-ring (bicyclic) bond motifs is 1. The number of aliphatic hydroxyl groups excluding tert-OH is 1. The third-order valence-corrected chi connectivity index (χ3v) is 4.16. The van der Waals surface area contributed by atoms with Crippen molar-refractivity contribution in [3.05, 3.63) is 27.7 Å². The highest BCUT2D eigenvalue weighted by molar-refractivity contribution is 9.10. The van der Waals surface area contributed by atoms with Gasteiger partial charge in [0.25, 0.3) is 0 Å². The zero-order valence-electron chi connectivity index (χ0n) is 10.4. The number of hydrogen-bond donors (Lipinski definition) is 1. The zero-order chi connectivity index (χ0) is 12.5. The molecule has 3 rings (SSSR count). The summed E-state index contributed by atoms with van der Waals surface area (Å²) in [5, 5.41) is 9.72. The summed E-state index contributed by atoms with van der Waals surface area (Å²) in [7, 11) is 0. The fraction of sp³-hybridized carbons (Fsp3) is 0.571. The molecule has 2 heterocycles. The summed E-state index contributed by atoms with van der Waals surface area (Å²) in [5.74, 6) is 1.07. The number of β-amino-alcohol motifs (C(OH)–C–C–N with tert-alkyl or cyclic N) is 1. The van der Waals surface area contributed by atoms with Crippen LogP contribution in [0.3, 0.4) is 0 Å². The van der Waals surface area contributed by atoms with E-state index in [9.17, 15) is 5.11 Å². The predicted octanol–water partition coefficient (Wildman–Crippen LogP) is 2.34. The van der Waals surface area contributed by atoms with Crippen LogP contribution in [0.5, 0.6) is 5.75 Å².